The van der Waals surface area contributed by atoms with Crippen LogP contribution in [0.3, 0.4) is 0 Å². The molecule has 1 aliphatic heterocycles. The summed E-state index contributed by atoms with van der Waals surface area (Å²) in [6.45, 7) is 5.49. The molecule has 2 aromatic rings. The van der Waals surface area contributed by atoms with Gasteiger partial charge in [-0.2, -0.15) is 0 Å². The fraction of sp³-hybridized carbons (Fsp3) is 0.348. The van der Waals surface area contributed by atoms with Crippen molar-refractivity contribution in [3.8, 4) is 0 Å². The molecule has 1 heterocycles. The van der Waals surface area contributed by atoms with Crippen LogP contribution in [0.1, 0.15) is 34.3 Å². The lowest BCUT2D eigenvalue weighted by Gasteiger charge is -2.34. The number of anilines is 1. The van der Waals surface area contributed by atoms with Crippen LogP contribution in [0, 0.1) is 19.7 Å². The number of nitrogens with zero attached hydrogens (tertiary/aromatic N) is 2. The molecule has 0 aromatic heterocycles. The van der Waals surface area contributed by atoms with Crippen LogP contribution in [0.4, 0.5) is 14.9 Å². The molecule has 0 bridgehead atoms. The summed E-state index contributed by atoms with van der Waals surface area (Å²) in [5.41, 5.74) is 3.12. The van der Waals surface area contributed by atoms with Gasteiger partial charge in [-0.1, -0.05) is 17.7 Å². The van der Waals surface area contributed by atoms with Crippen LogP contribution in [0.5, 0.6) is 0 Å². The first-order valence-corrected chi connectivity index (χ1v) is 10.0. The molecule has 0 saturated carbocycles. The average Bonchev–Trinajstić information content (AvgIpc) is 2.75. The molecular formula is C23H26FN3O3. The zero-order valence-electron chi connectivity index (χ0n) is 17.3. The first kappa shape index (κ1) is 21.5. The fourth-order valence-corrected chi connectivity index (χ4v) is 3.44. The van der Waals surface area contributed by atoms with E-state index >= 15 is 0 Å². The van der Waals surface area contributed by atoms with Crippen molar-refractivity contribution in [3.05, 3.63) is 65.0 Å². The Morgan fingerprint density at radius 2 is 1.53 bits per heavy atom. The molecule has 1 saturated heterocycles. The van der Waals surface area contributed by atoms with Gasteiger partial charge in [0.15, 0.2) is 5.78 Å². The summed E-state index contributed by atoms with van der Waals surface area (Å²) in [5.74, 6) is -0.467. The Balaban J connectivity index is 1.45. The molecule has 1 N–H and O–H groups in total. The maximum absolute atomic E-state index is 13.0. The number of hydrogen-bond acceptors (Lipinski definition) is 3. The van der Waals surface area contributed by atoms with Crippen LogP contribution < -0.4 is 5.32 Å². The molecule has 0 spiro atoms. The minimum atomic E-state index is -0.365. The van der Waals surface area contributed by atoms with E-state index in [2.05, 4.69) is 5.32 Å². The highest BCUT2D eigenvalue weighted by Gasteiger charge is 2.24. The molecule has 158 valence electrons. The summed E-state index contributed by atoms with van der Waals surface area (Å²) >= 11 is 0. The second-order valence-corrected chi connectivity index (χ2v) is 7.55. The highest BCUT2D eigenvalue weighted by Crippen LogP contribution is 2.15. The molecule has 2 aromatic carbocycles. The summed E-state index contributed by atoms with van der Waals surface area (Å²) in [6.07, 6.45) is 0.336. The van der Waals surface area contributed by atoms with E-state index in [1.807, 2.05) is 32.0 Å². The average molecular weight is 411 g/mol. The number of carbonyl (C=O) groups is 3. The molecule has 0 atom stereocenters. The smallest absolute Gasteiger partial charge is 0.321 e. The molecule has 1 fully saturated rings. The van der Waals surface area contributed by atoms with E-state index < -0.39 is 0 Å². The normalized spacial score (nSPS) is 13.8. The van der Waals surface area contributed by atoms with Gasteiger partial charge in [-0.3, -0.25) is 9.59 Å². The number of urea groups is 1. The zero-order chi connectivity index (χ0) is 21.7. The van der Waals surface area contributed by atoms with Crippen molar-refractivity contribution in [1.82, 2.24) is 9.80 Å². The van der Waals surface area contributed by atoms with E-state index in [0.29, 0.717) is 37.4 Å². The summed E-state index contributed by atoms with van der Waals surface area (Å²) in [4.78, 5) is 40.6. The van der Waals surface area contributed by atoms with Crippen LogP contribution in [0.15, 0.2) is 42.5 Å². The van der Waals surface area contributed by atoms with Crippen molar-refractivity contribution in [1.29, 1.82) is 0 Å². The first-order valence-electron chi connectivity index (χ1n) is 10.0. The molecule has 3 rings (SSSR count). The summed E-state index contributed by atoms with van der Waals surface area (Å²) in [6, 6.07) is 11.0. The third-order valence-corrected chi connectivity index (χ3v) is 5.27. The van der Waals surface area contributed by atoms with Gasteiger partial charge in [0, 0.05) is 50.3 Å². The zero-order valence-corrected chi connectivity index (χ0v) is 17.3. The van der Waals surface area contributed by atoms with Crippen molar-refractivity contribution in [2.24, 2.45) is 0 Å². The number of rotatable bonds is 5. The summed E-state index contributed by atoms with van der Waals surface area (Å²) in [7, 11) is 0. The predicted molar refractivity (Wildman–Crippen MR) is 113 cm³/mol. The van der Waals surface area contributed by atoms with Gasteiger partial charge in [0.2, 0.25) is 5.91 Å². The molecule has 0 radical (unpaired) electrons. The van der Waals surface area contributed by atoms with E-state index in [1.165, 1.54) is 24.3 Å². The first-order chi connectivity index (χ1) is 14.3. The molecule has 3 amide bonds. The Kier molecular flexibility index (Phi) is 6.82. The molecule has 0 unspecified atom stereocenters. The fourth-order valence-electron chi connectivity index (χ4n) is 3.44. The Bertz CT molecular complexity index is 935. The minimum Gasteiger partial charge on any atom is -0.339 e. The highest BCUT2D eigenvalue weighted by atomic mass is 19.1. The number of aryl methyl sites for hydroxylation is 2. The van der Waals surface area contributed by atoms with E-state index in [4.69, 9.17) is 0 Å². The third kappa shape index (κ3) is 5.43. The number of ketones is 1. The Hall–Kier alpha value is -3.22. The Morgan fingerprint density at radius 3 is 2.20 bits per heavy atom. The van der Waals surface area contributed by atoms with Crippen molar-refractivity contribution in [2.45, 2.75) is 26.7 Å². The number of Topliss-reactive ketones (excluding diaryl/α,β-unsaturated/α-hetero) is 1. The molecule has 7 heteroatoms. The van der Waals surface area contributed by atoms with Gasteiger partial charge in [0.1, 0.15) is 5.82 Å². The van der Waals surface area contributed by atoms with Crippen molar-refractivity contribution >= 4 is 23.4 Å². The molecule has 6 nitrogen and oxygen atoms in total. The number of amides is 3. The van der Waals surface area contributed by atoms with Gasteiger partial charge in [0.05, 0.1) is 0 Å². The quantitative estimate of drug-likeness (QED) is 0.762. The molecular weight excluding hydrogens is 385 g/mol. The van der Waals surface area contributed by atoms with Crippen molar-refractivity contribution < 1.29 is 18.8 Å². The van der Waals surface area contributed by atoms with Gasteiger partial charge < -0.3 is 15.1 Å². The van der Waals surface area contributed by atoms with Gasteiger partial charge in [-0.15, -0.1) is 0 Å². The second kappa shape index (κ2) is 9.52. The summed E-state index contributed by atoms with van der Waals surface area (Å²) in [5, 5.41) is 2.72. The van der Waals surface area contributed by atoms with E-state index in [9.17, 15) is 18.8 Å². The van der Waals surface area contributed by atoms with Gasteiger partial charge in [-0.25, -0.2) is 9.18 Å². The Morgan fingerprint density at radius 1 is 0.900 bits per heavy atom. The lowest BCUT2D eigenvalue weighted by Crippen LogP contribution is -2.51. The van der Waals surface area contributed by atoms with Gasteiger partial charge in [0.25, 0.3) is 0 Å². The van der Waals surface area contributed by atoms with Crippen LogP contribution in [-0.2, 0) is 4.79 Å². The van der Waals surface area contributed by atoms with E-state index in [0.717, 1.165) is 11.1 Å². The lowest BCUT2D eigenvalue weighted by atomic mass is 9.99. The minimum absolute atomic E-state index is 0.0261. The third-order valence-electron chi connectivity index (χ3n) is 5.27. The molecule has 30 heavy (non-hydrogen) atoms. The second-order valence-electron chi connectivity index (χ2n) is 7.55. The topological polar surface area (TPSA) is 69.7 Å². The predicted octanol–water partition coefficient (Wildman–Crippen LogP) is 3.78. The molecule has 1 aliphatic rings. The largest absolute Gasteiger partial charge is 0.339 e. The molecule has 0 aliphatic carbocycles. The SMILES string of the molecule is Cc1ccc(C)c(C(=O)CCC(=O)N2CCN(C(=O)Nc3ccc(F)cc3)CC2)c1. The number of carbonyl (C=O) groups excluding carboxylic acids is 3. The van der Waals surface area contributed by atoms with Crippen LogP contribution in [0.25, 0.3) is 0 Å². The summed E-state index contributed by atoms with van der Waals surface area (Å²) < 4.78 is 13.0. The van der Waals surface area contributed by atoms with E-state index in [1.54, 1.807) is 9.80 Å². The maximum Gasteiger partial charge on any atom is 0.321 e. The number of hydrogen-bond donors (Lipinski definition) is 1. The number of nitrogens with one attached hydrogen (secondary N) is 1. The van der Waals surface area contributed by atoms with Crippen molar-refractivity contribution in [3.63, 3.8) is 0 Å². The highest BCUT2D eigenvalue weighted by molar-refractivity contribution is 5.99. The van der Waals surface area contributed by atoms with Gasteiger partial charge >= 0.3 is 6.03 Å². The van der Waals surface area contributed by atoms with Crippen LogP contribution >= 0.6 is 0 Å². The van der Waals surface area contributed by atoms with Crippen LogP contribution in [0.2, 0.25) is 0 Å². The Labute approximate surface area is 175 Å². The maximum atomic E-state index is 13.0. The number of halogens is 1. The lowest BCUT2D eigenvalue weighted by molar-refractivity contribution is -0.132. The number of piperazine rings is 1. The van der Waals surface area contributed by atoms with Crippen LogP contribution in [-0.4, -0.2) is 53.7 Å². The monoisotopic (exact) mass is 411 g/mol. The van der Waals surface area contributed by atoms with Gasteiger partial charge in [-0.05, 0) is 49.7 Å². The number of benzene rings is 2. The van der Waals surface area contributed by atoms with E-state index in [-0.39, 0.29) is 36.4 Å². The van der Waals surface area contributed by atoms with Crippen molar-refractivity contribution in [2.75, 3.05) is 31.5 Å². The standard InChI is InChI=1S/C23H26FN3O3/c1-16-3-4-17(2)20(15-16)21(28)9-10-22(29)26-11-13-27(14-12-26)23(30)25-19-7-5-18(24)6-8-19/h3-8,15H,9-14H2,1-2H3,(H,25,30).